The lowest BCUT2D eigenvalue weighted by Gasteiger charge is -2.34. The van der Waals surface area contributed by atoms with Crippen molar-refractivity contribution in [3.8, 4) is 0 Å². The van der Waals surface area contributed by atoms with E-state index >= 15 is 0 Å². The van der Waals surface area contributed by atoms with Gasteiger partial charge in [-0.05, 0) is 37.6 Å². The van der Waals surface area contributed by atoms with Crippen LogP contribution in [0.2, 0.25) is 0 Å². The van der Waals surface area contributed by atoms with Gasteiger partial charge in [0.25, 0.3) is 5.91 Å². The molecule has 1 aromatic heterocycles. The second-order valence-corrected chi connectivity index (χ2v) is 7.02. The van der Waals surface area contributed by atoms with Gasteiger partial charge in [-0.25, -0.2) is 9.97 Å². The van der Waals surface area contributed by atoms with Gasteiger partial charge in [-0.2, -0.15) is 0 Å². The Hall–Kier alpha value is -2.47. The van der Waals surface area contributed by atoms with Crippen molar-refractivity contribution in [3.05, 3.63) is 47.8 Å². The molecule has 2 aliphatic heterocycles. The van der Waals surface area contributed by atoms with Crippen molar-refractivity contribution >= 4 is 17.5 Å². The van der Waals surface area contributed by atoms with E-state index in [1.807, 2.05) is 23.1 Å². The van der Waals surface area contributed by atoms with Gasteiger partial charge >= 0.3 is 0 Å². The number of nitrogens with zero attached hydrogens (tertiary/aromatic N) is 5. The first kappa shape index (κ1) is 17.0. The highest BCUT2D eigenvalue weighted by molar-refractivity contribution is 6.06. The minimum atomic E-state index is -0.0432. The number of fused-ring (bicyclic) bond motifs is 1. The quantitative estimate of drug-likeness (QED) is 0.849. The summed E-state index contributed by atoms with van der Waals surface area (Å²) in [6.07, 6.45) is 2.59. The largest absolute Gasteiger partial charge is 0.338 e. The number of para-hydroxylation sites is 1. The number of anilines is 2. The molecule has 1 atom stereocenters. The molecule has 26 heavy (non-hydrogen) atoms. The number of piperazine rings is 1. The summed E-state index contributed by atoms with van der Waals surface area (Å²) < 4.78 is 0. The first-order valence-corrected chi connectivity index (χ1v) is 9.39. The molecule has 6 heteroatoms. The second-order valence-electron chi connectivity index (χ2n) is 7.02. The van der Waals surface area contributed by atoms with Crippen molar-refractivity contribution in [2.45, 2.75) is 26.3 Å². The predicted molar refractivity (Wildman–Crippen MR) is 103 cm³/mol. The topological polar surface area (TPSA) is 52.6 Å². The highest BCUT2D eigenvalue weighted by Crippen LogP contribution is 2.32. The van der Waals surface area contributed by atoms with Crippen LogP contribution in [-0.4, -0.2) is 59.5 Å². The Bertz CT molecular complexity index is 800. The van der Waals surface area contributed by atoms with Crippen LogP contribution in [0.25, 0.3) is 0 Å². The summed E-state index contributed by atoms with van der Waals surface area (Å²) in [6.45, 7) is 9.15. The fourth-order valence-electron chi connectivity index (χ4n) is 3.88. The van der Waals surface area contributed by atoms with Crippen LogP contribution in [-0.2, 0) is 6.42 Å². The zero-order chi connectivity index (χ0) is 18.1. The van der Waals surface area contributed by atoms with Gasteiger partial charge in [0.2, 0.25) is 5.95 Å². The minimum Gasteiger partial charge on any atom is -0.338 e. The summed E-state index contributed by atoms with van der Waals surface area (Å²) in [5, 5.41) is 0. The fraction of sp³-hybridized carbons (Fsp3) is 0.450. The zero-order valence-corrected chi connectivity index (χ0v) is 15.4. The monoisotopic (exact) mass is 351 g/mol. The summed E-state index contributed by atoms with van der Waals surface area (Å²) in [5.41, 5.74) is 2.69. The fourth-order valence-corrected chi connectivity index (χ4v) is 3.88. The summed E-state index contributed by atoms with van der Waals surface area (Å²) in [6, 6.07) is 9.99. The van der Waals surface area contributed by atoms with Crippen molar-refractivity contribution in [1.29, 1.82) is 0 Å². The Balaban J connectivity index is 1.56. The predicted octanol–water partition coefficient (Wildman–Crippen LogP) is 2.21. The maximum Gasteiger partial charge on any atom is 0.277 e. The molecule has 4 rings (SSSR count). The van der Waals surface area contributed by atoms with Crippen LogP contribution in [0.1, 0.15) is 29.9 Å². The third-order valence-electron chi connectivity index (χ3n) is 5.39. The number of hydrogen-bond acceptors (Lipinski definition) is 5. The normalized spacial score (nSPS) is 20.3. The maximum absolute atomic E-state index is 13.2. The number of carbonyl (C=O) groups is 1. The highest BCUT2D eigenvalue weighted by Gasteiger charge is 2.32. The molecule has 1 fully saturated rings. The van der Waals surface area contributed by atoms with Crippen molar-refractivity contribution in [2.75, 3.05) is 42.5 Å². The smallest absolute Gasteiger partial charge is 0.277 e. The van der Waals surface area contributed by atoms with Gasteiger partial charge in [-0.1, -0.05) is 25.1 Å². The highest BCUT2D eigenvalue weighted by atomic mass is 16.2. The number of hydrogen-bond donors (Lipinski definition) is 0. The van der Waals surface area contributed by atoms with Crippen molar-refractivity contribution < 1.29 is 4.79 Å². The number of likely N-dealkylation sites (N-methyl/N-ethyl adjacent to an activating group) is 1. The Morgan fingerprint density at radius 3 is 2.69 bits per heavy atom. The standard InChI is InChI=1S/C20H25N5O/c1-3-23-10-12-24(13-11-23)20-21-9-8-17(22-20)19(26)25-15(2)14-16-6-4-5-7-18(16)25/h4-9,15H,3,10-14H2,1-2H3. The van der Waals surface area contributed by atoms with Gasteiger partial charge in [0.05, 0.1) is 0 Å². The summed E-state index contributed by atoms with van der Waals surface area (Å²) in [7, 11) is 0. The molecule has 0 radical (unpaired) electrons. The zero-order valence-electron chi connectivity index (χ0n) is 15.4. The molecule has 1 aromatic carbocycles. The van der Waals surface area contributed by atoms with Crippen LogP contribution >= 0.6 is 0 Å². The first-order valence-electron chi connectivity index (χ1n) is 9.39. The van der Waals surface area contributed by atoms with E-state index in [1.165, 1.54) is 5.56 Å². The number of amides is 1. The SMILES string of the molecule is CCN1CCN(c2nccc(C(=O)N3c4ccccc4CC3C)n2)CC1. The lowest BCUT2D eigenvalue weighted by Crippen LogP contribution is -2.47. The van der Waals surface area contributed by atoms with Crippen LogP contribution < -0.4 is 9.80 Å². The lowest BCUT2D eigenvalue weighted by atomic mass is 10.1. The van der Waals surface area contributed by atoms with Gasteiger partial charge in [-0.3, -0.25) is 4.79 Å². The maximum atomic E-state index is 13.2. The second kappa shape index (κ2) is 7.03. The van der Waals surface area contributed by atoms with Crippen LogP contribution in [0.15, 0.2) is 36.5 Å². The third kappa shape index (κ3) is 3.05. The van der Waals surface area contributed by atoms with Gasteiger partial charge < -0.3 is 14.7 Å². The first-order chi connectivity index (χ1) is 12.7. The molecule has 0 spiro atoms. The molecular weight excluding hydrogens is 326 g/mol. The molecule has 0 aliphatic carbocycles. The van der Waals surface area contributed by atoms with E-state index < -0.39 is 0 Å². The molecule has 1 amide bonds. The molecule has 0 bridgehead atoms. The van der Waals surface area contributed by atoms with E-state index in [-0.39, 0.29) is 11.9 Å². The van der Waals surface area contributed by atoms with Crippen LogP contribution in [0.5, 0.6) is 0 Å². The number of carbonyl (C=O) groups excluding carboxylic acids is 1. The van der Waals surface area contributed by atoms with E-state index in [4.69, 9.17) is 0 Å². The molecule has 1 saturated heterocycles. The Labute approximate surface area is 154 Å². The Morgan fingerprint density at radius 1 is 1.15 bits per heavy atom. The van der Waals surface area contributed by atoms with E-state index in [0.29, 0.717) is 11.6 Å². The lowest BCUT2D eigenvalue weighted by molar-refractivity contribution is 0.0976. The van der Waals surface area contributed by atoms with Gasteiger partial charge in [-0.15, -0.1) is 0 Å². The Morgan fingerprint density at radius 2 is 1.92 bits per heavy atom. The van der Waals surface area contributed by atoms with Crippen LogP contribution in [0.3, 0.4) is 0 Å². The summed E-state index contributed by atoms with van der Waals surface area (Å²) in [5.74, 6) is 0.616. The summed E-state index contributed by atoms with van der Waals surface area (Å²) in [4.78, 5) is 28.6. The number of rotatable bonds is 3. The van der Waals surface area contributed by atoms with Crippen LogP contribution in [0, 0.1) is 0 Å². The molecule has 2 aliphatic rings. The molecule has 2 aromatic rings. The molecule has 136 valence electrons. The Kier molecular flexibility index (Phi) is 4.59. The number of benzene rings is 1. The summed E-state index contributed by atoms with van der Waals surface area (Å²) >= 11 is 0. The van der Waals surface area contributed by atoms with E-state index in [0.717, 1.165) is 44.8 Å². The van der Waals surface area contributed by atoms with E-state index in [1.54, 1.807) is 12.3 Å². The number of aromatic nitrogens is 2. The minimum absolute atomic E-state index is 0.0432. The van der Waals surface area contributed by atoms with Crippen molar-refractivity contribution in [3.63, 3.8) is 0 Å². The van der Waals surface area contributed by atoms with Crippen molar-refractivity contribution in [2.24, 2.45) is 0 Å². The molecule has 1 unspecified atom stereocenters. The van der Waals surface area contributed by atoms with Gasteiger partial charge in [0.1, 0.15) is 5.69 Å². The van der Waals surface area contributed by atoms with Crippen molar-refractivity contribution in [1.82, 2.24) is 14.9 Å². The average Bonchev–Trinajstić information content (AvgIpc) is 3.03. The molecule has 0 N–H and O–H groups in total. The van der Waals surface area contributed by atoms with E-state index in [2.05, 4.69) is 39.7 Å². The van der Waals surface area contributed by atoms with Gasteiger partial charge in [0, 0.05) is 44.1 Å². The van der Waals surface area contributed by atoms with Crippen LogP contribution in [0.4, 0.5) is 11.6 Å². The average molecular weight is 351 g/mol. The molecule has 0 saturated carbocycles. The molecular formula is C20H25N5O. The third-order valence-corrected chi connectivity index (χ3v) is 5.39. The van der Waals surface area contributed by atoms with E-state index in [9.17, 15) is 4.79 Å². The van der Waals surface area contributed by atoms with Gasteiger partial charge in [0.15, 0.2) is 0 Å². The molecule has 6 nitrogen and oxygen atoms in total. The molecule has 3 heterocycles.